The summed E-state index contributed by atoms with van der Waals surface area (Å²) >= 11 is 5.88. The number of halogens is 1. The van der Waals surface area contributed by atoms with Crippen LogP contribution in [-0.4, -0.2) is 38.4 Å². The van der Waals surface area contributed by atoms with Gasteiger partial charge in [-0.1, -0.05) is 17.7 Å². The van der Waals surface area contributed by atoms with Crippen LogP contribution in [0.4, 0.5) is 0 Å². The second kappa shape index (κ2) is 5.71. The molecule has 1 aromatic rings. The van der Waals surface area contributed by atoms with E-state index in [-0.39, 0.29) is 4.90 Å². The molecule has 1 atom stereocenters. The van der Waals surface area contributed by atoms with Gasteiger partial charge in [0, 0.05) is 11.6 Å². The van der Waals surface area contributed by atoms with Crippen LogP contribution >= 0.6 is 11.6 Å². The molecule has 5 nitrogen and oxygen atoms in total. The number of rotatable bonds is 3. The molecule has 1 unspecified atom stereocenters. The van der Waals surface area contributed by atoms with Crippen LogP contribution in [0.1, 0.15) is 18.4 Å². The standard InChI is InChI=1S/C13H16ClNO4S/c1-9-5-6-10(14)8-12(9)20(17,18)15-7-3-4-11(15)13(16)19-2/h5-6,8,11H,3-4,7H2,1-2H3. The molecule has 1 aliphatic rings. The van der Waals surface area contributed by atoms with Crippen molar-refractivity contribution in [3.05, 3.63) is 28.8 Å². The Kier molecular flexibility index (Phi) is 4.36. The van der Waals surface area contributed by atoms with E-state index in [9.17, 15) is 13.2 Å². The second-order valence-electron chi connectivity index (χ2n) is 4.71. The molecule has 1 aliphatic heterocycles. The molecular formula is C13H16ClNO4S. The summed E-state index contributed by atoms with van der Waals surface area (Å²) in [4.78, 5) is 11.8. The SMILES string of the molecule is COC(=O)C1CCCN1S(=O)(=O)c1cc(Cl)ccc1C. The van der Waals surface area contributed by atoms with Crippen LogP contribution in [0.5, 0.6) is 0 Å². The summed E-state index contributed by atoms with van der Waals surface area (Å²) in [5, 5.41) is 0.350. The van der Waals surface area contributed by atoms with Crippen molar-refractivity contribution < 1.29 is 17.9 Å². The van der Waals surface area contributed by atoms with Crippen molar-refractivity contribution in [2.75, 3.05) is 13.7 Å². The molecule has 0 N–H and O–H groups in total. The number of ether oxygens (including phenoxy) is 1. The first-order chi connectivity index (χ1) is 9.37. The number of methoxy groups -OCH3 is 1. The number of sulfonamides is 1. The van der Waals surface area contributed by atoms with Crippen molar-refractivity contribution in [2.45, 2.75) is 30.7 Å². The first-order valence-corrected chi connectivity index (χ1v) is 8.05. The molecule has 0 aromatic heterocycles. The first kappa shape index (κ1) is 15.3. The second-order valence-corrected chi connectivity index (χ2v) is 7.00. The highest BCUT2D eigenvalue weighted by molar-refractivity contribution is 7.89. The molecule has 7 heteroatoms. The van der Waals surface area contributed by atoms with Crippen molar-refractivity contribution in [2.24, 2.45) is 0 Å². The lowest BCUT2D eigenvalue weighted by Crippen LogP contribution is -2.41. The van der Waals surface area contributed by atoms with Crippen LogP contribution in [0.3, 0.4) is 0 Å². The zero-order valence-electron chi connectivity index (χ0n) is 11.3. The van der Waals surface area contributed by atoms with Crippen LogP contribution in [0, 0.1) is 6.92 Å². The predicted molar refractivity (Wildman–Crippen MR) is 75.1 cm³/mol. The minimum Gasteiger partial charge on any atom is -0.468 e. The summed E-state index contributed by atoms with van der Waals surface area (Å²) < 4.78 is 31.3. The molecule has 1 fully saturated rings. The first-order valence-electron chi connectivity index (χ1n) is 6.23. The van der Waals surface area contributed by atoms with Gasteiger partial charge in [-0.25, -0.2) is 8.42 Å². The minimum absolute atomic E-state index is 0.140. The van der Waals surface area contributed by atoms with Crippen molar-refractivity contribution in [1.29, 1.82) is 0 Å². The normalized spacial score (nSPS) is 20.1. The van der Waals surface area contributed by atoms with E-state index in [0.717, 1.165) is 0 Å². The maximum absolute atomic E-state index is 12.7. The third kappa shape index (κ3) is 2.68. The number of nitrogens with zero attached hydrogens (tertiary/aromatic N) is 1. The van der Waals surface area contributed by atoms with Crippen molar-refractivity contribution in [3.63, 3.8) is 0 Å². The monoisotopic (exact) mass is 317 g/mol. The highest BCUT2D eigenvalue weighted by Gasteiger charge is 2.40. The van der Waals surface area contributed by atoms with Gasteiger partial charge in [-0.15, -0.1) is 0 Å². The fraction of sp³-hybridized carbons (Fsp3) is 0.462. The van der Waals surface area contributed by atoms with Crippen LogP contribution in [0.25, 0.3) is 0 Å². The maximum atomic E-state index is 12.7. The van der Waals surface area contributed by atoms with E-state index in [1.54, 1.807) is 19.1 Å². The molecule has 0 saturated carbocycles. The molecular weight excluding hydrogens is 302 g/mol. The third-order valence-corrected chi connectivity index (χ3v) is 5.70. The van der Waals surface area contributed by atoms with Gasteiger partial charge in [-0.05, 0) is 37.5 Å². The summed E-state index contributed by atoms with van der Waals surface area (Å²) in [6, 6.07) is 3.96. The van der Waals surface area contributed by atoms with E-state index in [1.807, 2.05) is 0 Å². The fourth-order valence-corrected chi connectivity index (χ4v) is 4.51. The van der Waals surface area contributed by atoms with Crippen molar-refractivity contribution >= 4 is 27.6 Å². The van der Waals surface area contributed by atoms with Gasteiger partial charge in [0.15, 0.2) is 0 Å². The van der Waals surface area contributed by atoms with Crippen LogP contribution < -0.4 is 0 Å². The molecule has 1 heterocycles. The summed E-state index contributed by atoms with van der Waals surface area (Å²) in [5.41, 5.74) is 0.602. The average Bonchev–Trinajstić information content (AvgIpc) is 2.90. The molecule has 0 radical (unpaired) electrons. The molecule has 0 amide bonds. The molecule has 1 saturated heterocycles. The Balaban J connectivity index is 2.44. The van der Waals surface area contributed by atoms with Gasteiger partial charge in [-0.2, -0.15) is 4.31 Å². The van der Waals surface area contributed by atoms with Gasteiger partial charge in [0.1, 0.15) is 6.04 Å². The van der Waals surface area contributed by atoms with E-state index in [1.165, 1.54) is 17.5 Å². The summed E-state index contributed by atoms with van der Waals surface area (Å²) in [7, 11) is -2.49. The number of carbonyl (C=O) groups excluding carboxylic acids is 1. The van der Waals surface area contributed by atoms with Crippen LogP contribution in [0.2, 0.25) is 5.02 Å². The molecule has 20 heavy (non-hydrogen) atoms. The molecule has 0 aliphatic carbocycles. The van der Waals surface area contributed by atoms with Crippen LogP contribution in [0.15, 0.2) is 23.1 Å². The number of hydrogen-bond acceptors (Lipinski definition) is 4. The average molecular weight is 318 g/mol. The lowest BCUT2D eigenvalue weighted by molar-refractivity contribution is -0.144. The fourth-order valence-electron chi connectivity index (χ4n) is 2.38. The number of esters is 1. The van der Waals surface area contributed by atoms with Gasteiger partial charge in [0.05, 0.1) is 12.0 Å². The summed E-state index contributed by atoms with van der Waals surface area (Å²) in [5.74, 6) is -0.522. The van der Waals surface area contributed by atoms with Gasteiger partial charge in [-0.3, -0.25) is 4.79 Å². The van der Waals surface area contributed by atoms with E-state index in [0.29, 0.717) is 30.0 Å². The van der Waals surface area contributed by atoms with Gasteiger partial charge in [0.25, 0.3) is 0 Å². The van der Waals surface area contributed by atoms with E-state index in [4.69, 9.17) is 11.6 Å². The zero-order valence-corrected chi connectivity index (χ0v) is 12.9. The highest BCUT2D eigenvalue weighted by atomic mass is 35.5. The topological polar surface area (TPSA) is 63.7 Å². The number of aryl methyl sites for hydroxylation is 1. The van der Waals surface area contributed by atoms with Gasteiger partial charge in [0.2, 0.25) is 10.0 Å². The number of hydrogen-bond donors (Lipinski definition) is 0. The largest absolute Gasteiger partial charge is 0.468 e. The van der Waals surface area contributed by atoms with E-state index >= 15 is 0 Å². The summed E-state index contributed by atoms with van der Waals surface area (Å²) in [6.07, 6.45) is 1.12. The number of benzene rings is 1. The quantitative estimate of drug-likeness (QED) is 0.800. The Labute approximate surface area is 123 Å². The molecule has 0 bridgehead atoms. The van der Waals surface area contributed by atoms with Crippen molar-refractivity contribution in [3.8, 4) is 0 Å². The third-order valence-electron chi connectivity index (χ3n) is 3.41. The van der Waals surface area contributed by atoms with E-state index in [2.05, 4.69) is 4.74 Å². The lowest BCUT2D eigenvalue weighted by atomic mass is 10.2. The minimum atomic E-state index is -3.75. The molecule has 1 aromatic carbocycles. The van der Waals surface area contributed by atoms with Crippen molar-refractivity contribution in [1.82, 2.24) is 4.31 Å². The predicted octanol–water partition coefficient (Wildman–Crippen LogP) is 1.97. The zero-order chi connectivity index (χ0) is 14.9. The summed E-state index contributed by atoms with van der Waals surface area (Å²) in [6.45, 7) is 2.01. The Bertz CT molecular complexity index is 629. The highest BCUT2D eigenvalue weighted by Crippen LogP contribution is 2.29. The Hall–Kier alpha value is -1.11. The van der Waals surface area contributed by atoms with Gasteiger partial charge < -0.3 is 4.74 Å². The van der Waals surface area contributed by atoms with Crippen LogP contribution in [-0.2, 0) is 19.6 Å². The molecule has 110 valence electrons. The smallest absolute Gasteiger partial charge is 0.324 e. The van der Waals surface area contributed by atoms with E-state index < -0.39 is 22.0 Å². The number of carbonyl (C=O) groups is 1. The molecule has 0 spiro atoms. The molecule has 2 rings (SSSR count). The Morgan fingerprint density at radius 2 is 2.15 bits per heavy atom. The van der Waals surface area contributed by atoms with Gasteiger partial charge >= 0.3 is 5.97 Å². The maximum Gasteiger partial charge on any atom is 0.324 e. The Morgan fingerprint density at radius 3 is 2.80 bits per heavy atom. The lowest BCUT2D eigenvalue weighted by Gasteiger charge is -2.23. The Morgan fingerprint density at radius 1 is 1.45 bits per heavy atom.